The molecule has 0 fully saturated rings. The first-order chi connectivity index (χ1) is 9.56. The first-order valence-corrected chi connectivity index (χ1v) is 7.03. The second kappa shape index (κ2) is 6.34. The van der Waals surface area contributed by atoms with E-state index in [2.05, 4.69) is 0 Å². The Morgan fingerprint density at radius 3 is 2.50 bits per heavy atom. The van der Waals surface area contributed by atoms with Gasteiger partial charge in [0.2, 0.25) is 0 Å². The van der Waals surface area contributed by atoms with Gasteiger partial charge < -0.3 is 10.2 Å². The van der Waals surface area contributed by atoms with Crippen LogP contribution in [0, 0.1) is 0 Å². The number of carboxylic acid groups (broad SMARTS) is 2. The Kier molecular flexibility index (Phi) is 4.53. The maximum Gasteiger partial charge on any atom is 0.307 e. The van der Waals surface area contributed by atoms with E-state index in [0.29, 0.717) is 6.42 Å². The van der Waals surface area contributed by atoms with Gasteiger partial charge in [0, 0.05) is 11.3 Å². The summed E-state index contributed by atoms with van der Waals surface area (Å²) in [6, 6.07) is 9.40. The molecule has 2 aromatic rings. The molecule has 0 radical (unpaired) electrons. The standard InChI is InChI=1S/C15H14O4S/c16-14(17)6-4-10-3-5-12(13-2-1-7-20-13)11(8-10)9-15(18)19/h1-3,5,7-8H,4,6,9H2,(H,16,17)(H,18,19). The van der Waals surface area contributed by atoms with Crippen molar-refractivity contribution in [2.45, 2.75) is 19.3 Å². The quantitative estimate of drug-likeness (QED) is 0.857. The van der Waals surface area contributed by atoms with Crippen molar-refractivity contribution in [3.63, 3.8) is 0 Å². The van der Waals surface area contributed by atoms with Gasteiger partial charge in [-0.1, -0.05) is 24.3 Å². The van der Waals surface area contributed by atoms with Crippen molar-refractivity contribution in [1.29, 1.82) is 0 Å². The highest BCUT2D eigenvalue weighted by Gasteiger charge is 2.11. The summed E-state index contributed by atoms with van der Waals surface area (Å²) in [5.41, 5.74) is 2.48. The summed E-state index contributed by atoms with van der Waals surface area (Å²) in [6.07, 6.45) is 0.395. The summed E-state index contributed by atoms with van der Waals surface area (Å²) in [6.45, 7) is 0. The fourth-order valence-electron chi connectivity index (χ4n) is 2.04. The molecule has 0 aliphatic carbocycles. The third-order valence-electron chi connectivity index (χ3n) is 2.93. The Balaban J connectivity index is 2.32. The van der Waals surface area contributed by atoms with Crippen LogP contribution in [0.4, 0.5) is 0 Å². The van der Waals surface area contributed by atoms with Gasteiger partial charge in [0.05, 0.1) is 6.42 Å². The highest BCUT2D eigenvalue weighted by atomic mass is 32.1. The number of thiophene rings is 1. The molecule has 4 nitrogen and oxygen atoms in total. The lowest BCUT2D eigenvalue weighted by molar-refractivity contribution is -0.137. The van der Waals surface area contributed by atoms with Crippen LogP contribution in [0.3, 0.4) is 0 Å². The van der Waals surface area contributed by atoms with Gasteiger partial charge in [-0.05, 0) is 34.6 Å². The smallest absolute Gasteiger partial charge is 0.307 e. The molecule has 0 bridgehead atoms. The van der Waals surface area contributed by atoms with Crippen molar-refractivity contribution < 1.29 is 19.8 Å². The molecule has 1 aromatic carbocycles. The van der Waals surface area contributed by atoms with Gasteiger partial charge in [-0.15, -0.1) is 11.3 Å². The third kappa shape index (κ3) is 3.68. The normalized spacial score (nSPS) is 10.4. The highest BCUT2D eigenvalue weighted by molar-refractivity contribution is 7.13. The molecule has 2 rings (SSSR count). The van der Waals surface area contributed by atoms with Crippen LogP contribution in [-0.2, 0) is 22.4 Å². The van der Waals surface area contributed by atoms with E-state index in [-0.39, 0.29) is 12.8 Å². The van der Waals surface area contributed by atoms with E-state index in [1.807, 2.05) is 29.6 Å². The fraction of sp³-hybridized carbons (Fsp3) is 0.200. The molecule has 1 aromatic heterocycles. The maximum absolute atomic E-state index is 11.0. The van der Waals surface area contributed by atoms with Crippen molar-refractivity contribution in [2.75, 3.05) is 0 Å². The molecule has 0 aliphatic heterocycles. The van der Waals surface area contributed by atoms with Gasteiger partial charge in [0.1, 0.15) is 0 Å². The van der Waals surface area contributed by atoms with Crippen molar-refractivity contribution in [3.8, 4) is 10.4 Å². The molecule has 0 saturated heterocycles. The van der Waals surface area contributed by atoms with Gasteiger partial charge in [-0.25, -0.2) is 0 Å². The number of hydrogen-bond donors (Lipinski definition) is 2. The van der Waals surface area contributed by atoms with Crippen LogP contribution in [0.15, 0.2) is 35.7 Å². The van der Waals surface area contributed by atoms with E-state index in [1.165, 1.54) is 0 Å². The number of hydrogen-bond acceptors (Lipinski definition) is 3. The SMILES string of the molecule is O=C(O)CCc1ccc(-c2cccs2)c(CC(=O)O)c1. The zero-order chi connectivity index (χ0) is 14.5. The number of benzene rings is 1. The van der Waals surface area contributed by atoms with Crippen molar-refractivity contribution in [1.82, 2.24) is 0 Å². The van der Waals surface area contributed by atoms with Gasteiger partial charge in [-0.3, -0.25) is 9.59 Å². The van der Waals surface area contributed by atoms with Gasteiger partial charge >= 0.3 is 11.9 Å². The predicted octanol–water partition coefficient (Wildman–Crippen LogP) is 3.06. The minimum Gasteiger partial charge on any atom is -0.481 e. The Labute approximate surface area is 120 Å². The van der Waals surface area contributed by atoms with Crippen molar-refractivity contribution in [2.24, 2.45) is 0 Å². The second-order valence-corrected chi connectivity index (χ2v) is 5.38. The van der Waals surface area contributed by atoms with E-state index in [9.17, 15) is 9.59 Å². The molecule has 0 spiro atoms. The Morgan fingerprint density at radius 2 is 1.90 bits per heavy atom. The summed E-state index contributed by atoms with van der Waals surface area (Å²) < 4.78 is 0. The minimum absolute atomic E-state index is 0.0465. The van der Waals surface area contributed by atoms with Crippen LogP contribution in [0.1, 0.15) is 17.5 Å². The molecule has 104 valence electrons. The van der Waals surface area contributed by atoms with Crippen molar-refractivity contribution in [3.05, 3.63) is 46.8 Å². The minimum atomic E-state index is -0.891. The lowest BCUT2D eigenvalue weighted by Crippen LogP contribution is -2.03. The number of rotatable bonds is 6. The van der Waals surface area contributed by atoms with Gasteiger partial charge in [0.25, 0.3) is 0 Å². The lowest BCUT2D eigenvalue weighted by atomic mass is 9.98. The average Bonchev–Trinajstić information content (AvgIpc) is 2.89. The molecule has 0 saturated carbocycles. The summed E-state index contributed by atoms with van der Waals surface area (Å²) >= 11 is 1.55. The topological polar surface area (TPSA) is 74.6 Å². The third-order valence-corrected chi connectivity index (χ3v) is 3.83. The number of carboxylic acids is 2. The predicted molar refractivity (Wildman–Crippen MR) is 77.1 cm³/mol. The van der Waals surface area contributed by atoms with Crippen LogP contribution in [0.5, 0.6) is 0 Å². The molecular weight excluding hydrogens is 276 g/mol. The first kappa shape index (κ1) is 14.3. The maximum atomic E-state index is 11.0. The van der Waals surface area contributed by atoms with Gasteiger partial charge in [-0.2, -0.15) is 0 Å². The zero-order valence-corrected chi connectivity index (χ0v) is 11.5. The van der Waals surface area contributed by atoms with Crippen LogP contribution in [0.2, 0.25) is 0 Å². The average molecular weight is 290 g/mol. The summed E-state index contributed by atoms with van der Waals surface area (Å²) in [5, 5.41) is 19.7. The molecule has 2 N–H and O–H groups in total. The fourth-order valence-corrected chi connectivity index (χ4v) is 2.82. The van der Waals surface area contributed by atoms with E-state index in [0.717, 1.165) is 21.6 Å². The van der Waals surface area contributed by atoms with E-state index < -0.39 is 11.9 Å². The molecule has 0 aliphatic rings. The number of aliphatic carboxylic acids is 2. The Morgan fingerprint density at radius 1 is 1.10 bits per heavy atom. The molecular formula is C15H14O4S. The van der Waals surface area contributed by atoms with Crippen LogP contribution in [0.25, 0.3) is 10.4 Å². The van der Waals surface area contributed by atoms with Crippen LogP contribution in [-0.4, -0.2) is 22.2 Å². The number of aryl methyl sites for hydroxylation is 1. The first-order valence-electron chi connectivity index (χ1n) is 6.15. The Hall–Kier alpha value is -2.14. The van der Waals surface area contributed by atoms with Crippen LogP contribution < -0.4 is 0 Å². The molecule has 20 heavy (non-hydrogen) atoms. The van der Waals surface area contributed by atoms with Gasteiger partial charge in [0.15, 0.2) is 0 Å². The molecule has 1 heterocycles. The summed E-state index contributed by atoms with van der Waals surface area (Å²) in [5.74, 6) is -1.75. The zero-order valence-electron chi connectivity index (χ0n) is 10.7. The second-order valence-electron chi connectivity index (χ2n) is 4.43. The number of carbonyl (C=O) groups is 2. The lowest BCUT2D eigenvalue weighted by Gasteiger charge is -2.09. The van der Waals surface area contributed by atoms with Crippen molar-refractivity contribution >= 4 is 23.3 Å². The van der Waals surface area contributed by atoms with E-state index >= 15 is 0 Å². The molecule has 0 amide bonds. The Bertz CT molecular complexity index is 617. The monoisotopic (exact) mass is 290 g/mol. The molecule has 5 heteroatoms. The molecule has 0 atom stereocenters. The summed E-state index contributed by atoms with van der Waals surface area (Å²) in [7, 11) is 0. The largest absolute Gasteiger partial charge is 0.481 e. The highest BCUT2D eigenvalue weighted by Crippen LogP contribution is 2.29. The van der Waals surface area contributed by atoms with Crippen LogP contribution >= 0.6 is 11.3 Å². The van der Waals surface area contributed by atoms with E-state index in [1.54, 1.807) is 17.4 Å². The van der Waals surface area contributed by atoms with E-state index in [4.69, 9.17) is 10.2 Å². The molecule has 0 unspecified atom stereocenters. The summed E-state index contributed by atoms with van der Waals surface area (Å²) in [4.78, 5) is 22.6.